The predicted octanol–water partition coefficient (Wildman–Crippen LogP) is 5.19. The summed E-state index contributed by atoms with van der Waals surface area (Å²) in [5.41, 5.74) is -0.372. The second kappa shape index (κ2) is 5.83. The lowest BCUT2D eigenvalue weighted by Crippen LogP contribution is -2.06. The third-order valence-corrected chi connectivity index (χ3v) is 3.19. The molecule has 0 N–H and O–H groups in total. The molecule has 1 nitrogen and oxygen atoms in total. The van der Waals surface area contributed by atoms with Crippen molar-refractivity contribution in [2.45, 2.75) is 12.8 Å². The lowest BCUT2D eigenvalue weighted by Gasteiger charge is -2.10. The molecule has 2 aromatic rings. The molecule has 0 bridgehead atoms. The summed E-state index contributed by atoms with van der Waals surface area (Å²) in [5.74, 6) is -0.241. The van der Waals surface area contributed by atoms with E-state index in [1.54, 1.807) is 0 Å². The van der Waals surface area contributed by atoms with Crippen molar-refractivity contribution in [3.63, 3.8) is 0 Å². The van der Waals surface area contributed by atoms with Gasteiger partial charge in [0, 0.05) is 6.07 Å². The molecule has 0 heterocycles. The second-order valence-corrected chi connectivity index (χ2v) is 4.92. The van der Waals surface area contributed by atoms with Crippen LogP contribution in [-0.4, -0.2) is 0 Å². The summed E-state index contributed by atoms with van der Waals surface area (Å²) in [6, 6.07) is 8.99. The zero-order chi connectivity index (χ0) is 14.8. The van der Waals surface area contributed by atoms with Crippen LogP contribution in [0.1, 0.15) is 11.1 Å². The summed E-state index contributed by atoms with van der Waals surface area (Å²) in [6.45, 7) is -0.0645. The first-order valence-electron chi connectivity index (χ1n) is 5.60. The average molecular weight is 349 g/mol. The molecule has 6 heteroatoms. The zero-order valence-electron chi connectivity index (χ0n) is 10.0. The predicted molar refractivity (Wildman–Crippen MR) is 69.9 cm³/mol. The molecular formula is C14H9BrF4O. The highest BCUT2D eigenvalue weighted by molar-refractivity contribution is 9.10. The third-order valence-electron chi connectivity index (χ3n) is 2.55. The SMILES string of the molecule is Fc1cc(OCc2cccc(C(F)(F)F)c2)ccc1Br. The Bertz CT molecular complexity index is 610. The van der Waals surface area contributed by atoms with Gasteiger partial charge in [0.25, 0.3) is 0 Å². The van der Waals surface area contributed by atoms with Crippen molar-refractivity contribution in [1.29, 1.82) is 0 Å². The molecule has 0 aliphatic rings. The largest absolute Gasteiger partial charge is 0.489 e. The molecule has 0 aromatic heterocycles. The molecular weight excluding hydrogens is 340 g/mol. The number of ether oxygens (including phenoxy) is 1. The van der Waals surface area contributed by atoms with Crippen LogP contribution in [0.5, 0.6) is 5.75 Å². The smallest absolute Gasteiger partial charge is 0.416 e. The van der Waals surface area contributed by atoms with Crippen molar-refractivity contribution in [3.8, 4) is 5.75 Å². The lowest BCUT2D eigenvalue weighted by atomic mass is 10.1. The van der Waals surface area contributed by atoms with Crippen LogP contribution in [-0.2, 0) is 12.8 Å². The van der Waals surface area contributed by atoms with E-state index in [-0.39, 0.29) is 12.4 Å². The highest BCUT2D eigenvalue weighted by Crippen LogP contribution is 2.30. The van der Waals surface area contributed by atoms with Crippen molar-refractivity contribution < 1.29 is 22.3 Å². The number of alkyl halides is 3. The number of rotatable bonds is 3. The molecule has 0 fully saturated rings. The molecule has 0 atom stereocenters. The Morgan fingerprint density at radius 1 is 1.05 bits per heavy atom. The van der Waals surface area contributed by atoms with Crippen LogP contribution in [0, 0.1) is 5.82 Å². The number of halogens is 5. The first kappa shape index (κ1) is 14.8. The van der Waals surface area contributed by atoms with Gasteiger partial charge in [0.05, 0.1) is 10.0 Å². The van der Waals surface area contributed by atoms with E-state index in [1.807, 2.05) is 0 Å². The summed E-state index contributed by atoms with van der Waals surface area (Å²) in [5, 5.41) is 0. The van der Waals surface area contributed by atoms with Crippen molar-refractivity contribution in [2.24, 2.45) is 0 Å². The second-order valence-electron chi connectivity index (χ2n) is 4.06. The van der Waals surface area contributed by atoms with Gasteiger partial charge in [-0.2, -0.15) is 13.2 Å². The molecule has 0 aliphatic heterocycles. The van der Waals surface area contributed by atoms with Crippen LogP contribution in [0.3, 0.4) is 0 Å². The van der Waals surface area contributed by atoms with Crippen molar-refractivity contribution >= 4 is 15.9 Å². The van der Waals surface area contributed by atoms with Crippen molar-refractivity contribution in [2.75, 3.05) is 0 Å². The molecule has 20 heavy (non-hydrogen) atoms. The van der Waals surface area contributed by atoms with Crippen LogP contribution in [0.4, 0.5) is 17.6 Å². The first-order valence-corrected chi connectivity index (χ1v) is 6.39. The van der Waals surface area contributed by atoms with Gasteiger partial charge in [0.15, 0.2) is 0 Å². The number of hydrogen-bond donors (Lipinski definition) is 0. The molecule has 0 saturated carbocycles. The van der Waals surface area contributed by atoms with Crippen molar-refractivity contribution in [3.05, 3.63) is 63.9 Å². The number of benzene rings is 2. The summed E-state index contributed by atoms with van der Waals surface area (Å²) < 4.78 is 56.4. The fraction of sp³-hybridized carbons (Fsp3) is 0.143. The van der Waals surface area contributed by atoms with E-state index < -0.39 is 17.6 Å². The lowest BCUT2D eigenvalue weighted by molar-refractivity contribution is -0.137. The maximum atomic E-state index is 13.2. The molecule has 106 valence electrons. The molecule has 0 unspecified atom stereocenters. The minimum Gasteiger partial charge on any atom is -0.489 e. The highest BCUT2D eigenvalue weighted by Gasteiger charge is 2.30. The van der Waals surface area contributed by atoms with Gasteiger partial charge in [-0.15, -0.1) is 0 Å². The van der Waals surface area contributed by atoms with Gasteiger partial charge in [0.1, 0.15) is 18.2 Å². The van der Waals surface area contributed by atoms with Gasteiger partial charge in [-0.05, 0) is 45.8 Å². The van der Waals surface area contributed by atoms with E-state index in [0.717, 1.165) is 18.2 Å². The average Bonchev–Trinajstić information content (AvgIpc) is 2.39. The molecule has 0 spiro atoms. The van der Waals surface area contributed by atoms with E-state index in [9.17, 15) is 17.6 Å². The Morgan fingerprint density at radius 3 is 2.45 bits per heavy atom. The van der Waals surface area contributed by atoms with E-state index >= 15 is 0 Å². The molecule has 0 saturated heterocycles. The zero-order valence-corrected chi connectivity index (χ0v) is 11.6. The minimum atomic E-state index is -4.39. The van der Waals surface area contributed by atoms with E-state index in [0.29, 0.717) is 10.0 Å². The third kappa shape index (κ3) is 3.72. The standard InChI is InChI=1S/C14H9BrF4O/c15-12-5-4-11(7-13(12)16)20-8-9-2-1-3-10(6-9)14(17,18)19/h1-7H,8H2. The topological polar surface area (TPSA) is 9.23 Å². The Hall–Kier alpha value is -1.56. The van der Waals surface area contributed by atoms with Gasteiger partial charge >= 0.3 is 6.18 Å². The Morgan fingerprint density at radius 2 is 1.80 bits per heavy atom. The van der Waals surface area contributed by atoms with Gasteiger partial charge in [-0.25, -0.2) is 4.39 Å². The van der Waals surface area contributed by atoms with Crippen LogP contribution >= 0.6 is 15.9 Å². The molecule has 0 radical (unpaired) electrons. The van der Waals surface area contributed by atoms with Crippen LogP contribution in [0.25, 0.3) is 0 Å². The minimum absolute atomic E-state index is 0.0645. The van der Waals surface area contributed by atoms with E-state index in [4.69, 9.17) is 4.74 Å². The normalized spacial score (nSPS) is 11.4. The maximum absolute atomic E-state index is 13.2. The fourth-order valence-electron chi connectivity index (χ4n) is 1.57. The van der Waals surface area contributed by atoms with Gasteiger partial charge in [0.2, 0.25) is 0 Å². The Labute approximate surface area is 121 Å². The number of hydrogen-bond acceptors (Lipinski definition) is 1. The van der Waals surface area contributed by atoms with Crippen LogP contribution in [0.2, 0.25) is 0 Å². The Balaban J connectivity index is 2.09. The van der Waals surface area contributed by atoms with Crippen LogP contribution in [0.15, 0.2) is 46.9 Å². The molecule has 0 amide bonds. The van der Waals surface area contributed by atoms with Crippen LogP contribution < -0.4 is 4.74 Å². The monoisotopic (exact) mass is 348 g/mol. The van der Waals surface area contributed by atoms with Gasteiger partial charge < -0.3 is 4.74 Å². The molecule has 2 rings (SSSR count). The van der Waals surface area contributed by atoms with E-state index in [2.05, 4.69) is 15.9 Å². The summed E-state index contributed by atoms with van der Waals surface area (Å²) >= 11 is 3.00. The summed E-state index contributed by atoms with van der Waals surface area (Å²) in [4.78, 5) is 0. The highest BCUT2D eigenvalue weighted by atomic mass is 79.9. The van der Waals surface area contributed by atoms with Crippen molar-refractivity contribution in [1.82, 2.24) is 0 Å². The molecule has 0 aliphatic carbocycles. The van der Waals surface area contributed by atoms with E-state index in [1.165, 1.54) is 24.3 Å². The fourth-order valence-corrected chi connectivity index (χ4v) is 1.82. The van der Waals surface area contributed by atoms with Gasteiger partial charge in [-0.3, -0.25) is 0 Å². The van der Waals surface area contributed by atoms with Gasteiger partial charge in [-0.1, -0.05) is 12.1 Å². The molecule has 2 aromatic carbocycles. The quantitative estimate of drug-likeness (QED) is 0.694. The summed E-state index contributed by atoms with van der Waals surface area (Å²) in [7, 11) is 0. The summed E-state index contributed by atoms with van der Waals surface area (Å²) in [6.07, 6.45) is -4.39. The Kier molecular flexibility index (Phi) is 4.32. The first-order chi connectivity index (χ1) is 9.36. The maximum Gasteiger partial charge on any atom is 0.416 e.